The summed E-state index contributed by atoms with van der Waals surface area (Å²) in [5, 5.41) is 3.06. The summed E-state index contributed by atoms with van der Waals surface area (Å²) in [6.07, 6.45) is 0. The Labute approximate surface area is 123 Å². The van der Waals surface area contributed by atoms with Gasteiger partial charge in [0.1, 0.15) is 0 Å². The number of rotatable bonds is 4. The van der Waals surface area contributed by atoms with E-state index >= 15 is 0 Å². The van der Waals surface area contributed by atoms with Crippen molar-refractivity contribution in [2.75, 3.05) is 6.54 Å². The third-order valence-electron chi connectivity index (χ3n) is 3.46. The average Bonchev–Trinajstić information content (AvgIpc) is 2.31. The van der Waals surface area contributed by atoms with Gasteiger partial charge in [0.15, 0.2) is 0 Å². The Bertz CT molecular complexity index is 445. The molecule has 1 rings (SSSR count). The summed E-state index contributed by atoms with van der Waals surface area (Å²) in [4.78, 5) is 12.3. The van der Waals surface area contributed by atoms with Crippen LogP contribution in [0.2, 0.25) is 0 Å². The maximum Gasteiger partial charge on any atom is 0.252 e. The van der Waals surface area contributed by atoms with E-state index in [1.165, 1.54) is 0 Å². The van der Waals surface area contributed by atoms with Crippen LogP contribution in [0.25, 0.3) is 0 Å². The summed E-state index contributed by atoms with van der Waals surface area (Å²) in [7, 11) is 0. The van der Waals surface area contributed by atoms with Crippen molar-refractivity contribution >= 4 is 28.5 Å². The quantitative estimate of drug-likeness (QED) is 0.812. The molecule has 18 heavy (non-hydrogen) atoms. The molecule has 1 atom stereocenters. The standard InChI is InChI=1S/C14H21IN2O/c1-9(2)14(4,8-16)17-13(18)11-7-10(3)5-6-12(11)15/h5-7,9H,8,16H2,1-4H3,(H,17,18). The van der Waals surface area contributed by atoms with Gasteiger partial charge in [0.2, 0.25) is 0 Å². The van der Waals surface area contributed by atoms with Crippen molar-refractivity contribution in [3.8, 4) is 0 Å². The second-order valence-corrected chi connectivity index (χ2v) is 6.38. The molecule has 0 aliphatic rings. The number of halogens is 1. The molecule has 4 heteroatoms. The van der Waals surface area contributed by atoms with Crippen LogP contribution >= 0.6 is 22.6 Å². The van der Waals surface area contributed by atoms with E-state index in [0.29, 0.717) is 6.54 Å². The van der Waals surface area contributed by atoms with Gasteiger partial charge in [-0.15, -0.1) is 0 Å². The lowest BCUT2D eigenvalue weighted by molar-refractivity contribution is 0.0882. The first-order valence-corrected chi connectivity index (χ1v) is 7.17. The number of hydrogen-bond acceptors (Lipinski definition) is 2. The van der Waals surface area contributed by atoms with E-state index < -0.39 is 0 Å². The number of nitrogens with one attached hydrogen (secondary N) is 1. The van der Waals surface area contributed by atoms with E-state index in [4.69, 9.17) is 5.73 Å². The third kappa shape index (κ3) is 3.45. The van der Waals surface area contributed by atoms with Crippen LogP contribution in [0.4, 0.5) is 0 Å². The molecule has 0 bridgehead atoms. The van der Waals surface area contributed by atoms with Gasteiger partial charge in [-0.05, 0) is 54.5 Å². The molecule has 0 aliphatic carbocycles. The third-order valence-corrected chi connectivity index (χ3v) is 4.40. The molecule has 1 unspecified atom stereocenters. The van der Waals surface area contributed by atoms with E-state index in [1.54, 1.807) is 0 Å². The Hall–Kier alpha value is -0.620. The van der Waals surface area contributed by atoms with Crippen LogP contribution in [0.15, 0.2) is 18.2 Å². The van der Waals surface area contributed by atoms with Gasteiger partial charge in [-0.3, -0.25) is 4.79 Å². The normalized spacial score (nSPS) is 14.4. The molecule has 3 N–H and O–H groups in total. The Balaban J connectivity index is 2.98. The monoisotopic (exact) mass is 360 g/mol. The first-order valence-electron chi connectivity index (χ1n) is 6.09. The number of aryl methyl sites for hydroxylation is 1. The van der Waals surface area contributed by atoms with E-state index in [-0.39, 0.29) is 17.4 Å². The molecule has 0 aliphatic heterocycles. The van der Waals surface area contributed by atoms with E-state index in [0.717, 1.165) is 14.7 Å². The van der Waals surface area contributed by atoms with Gasteiger partial charge in [-0.2, -0.15) is 0 Å². The van der Waals surface area contributed by atoms with Gasteiger partial charge in [-0.1, -0.05) is 25.5 Å². The lowest BCUT2D eigenvalue weighted by Crippen LogP contribution is -2.55. The van der Waals surface area contributed by atoms with Crippen LogP contribution in [-0.4, -0.2) is 18.0 Å². The minimum atomic E-state index is -0.371. The van der Waals surface area contributed by atoms with Crippen LogP contribution in [0.3, 0.4) is 0 Å². The number of carbonyl (C=O) groups is 1. The Morgan fingerprint density at radius 1 is 1.50 bits per heavy atom. The molecule has 0 aromatic heterocycles. The number of benzene rings is 1. The second-order valence-electron chi connectivity index (χ2n) is 5.21. The maximum absolute atomic E-state index is 12.3. The van der Waals surface area contributed by atoms with Crippen LogP contribution in [0.5, 0.6) is 0 Å². The van der Waals surface area contributed by atoms with Crippen LogP contribution in [0.1, 0.15) is 36.7 Å². The summed E-state index contributed by atoms with van der Waals surface area (Å²) in [5.41, 5.74) is 7.22. The molecule has 0 fully saturated rings. The molecular weight excluding hydrogens is 339 g/mol. The van der Waals surface area contributed by atoms with Crippen molar-refractivity contribution in [3.05, 3.63) is 32.9 Å². The minimum Gasteiger partial charge on any atom is -0.345 e. The predicted molar refractivity (Wildman–Crippen MR) is 83.7 cm³/mol. The van der Waals surface area contributed by atoms with Crippen molar-refractivity contribution < 1.29 is 4.79 Å². The summed E-state index contributed by atoms with van der Waals surface area (Å²) >= 11 is 2.18. The number of hydrogen-bond donors (Lipinski definition) is 2. The largest absolute Gasteiger partial charge is 0.345 e. The van der Waals surface area contributed by atoms with Crippen molar-refractivity contribution in [2.24, 2.45) is 11.7 Å². The molecule has 0 heterocycles. The summed E-state index contributed by atoms with van der Waals surface area (Å²) in [6, 6.07) is 5.87. The molecule has 1 aromatic carbocycles. The Morgan fingerprint density at radius 2 is 2.11 bits per heavy atom. The fourth-order valence-corrected chi connectivity index (χ4v) is 2.15. The SMILES string of the molecule is Cc1ccc(I)c(C(=O)NC(C)(CN)C(C)C)c1. The molecule has 0 saturated heterocycles. The highest BCUT2D eigenvalue weighted by Gasteiger charge is 2.29. The van der Waals surface area contributed by atoms with Crippen LogP contribution in [0, 0.1) is 16.4 Å². The molecular formula is C14H21IN2O. The van der Waals surface area contributed by atoms with Gasteiger partial charge in [0.05, 0.1) is 11.1 Å². The fourth-order valence-electron chi connectivity index (χ4n) is 1.57. The zero-order valence-corrected chi connectivity index (χ0v) is 13.5. The summed E-state index contributed by atoms with van der Waals surface area (Å²) in [6.45, 7) is 8.52. The maximum atomic E-state index is 12.3. The smallest absolute Gasteiger partial charge is 0.252 e. The molecule has 0 spiro atoms. The molecule has 3 nitrogen and oxygen atoms in total. The highest BCUT2D eigenvalue weighted by atomic mass is 127. The Kier molecular flexibility index (Phi) is 5.16. The molecule has 1 aromatic rings. The van der Waals surface area contributed by atoms with Crippen molar-refractivity contribution in [2.45, 2.75) is 33.2 Å². The average molecular weight is 360 g/mol. The minimum absolute atomic E-state index is 0.0512. The summed E-state index contributed by atoms with van der Waals surface area (Å²) in [5.74, 6) is 0.235. The molecule has 0 radical (unpaired) electrons. The topological polar surface area (TPSA) is 55.1 Å². The van der Waals surface area contributed by atoms with Gasteiger partial charge in [0, 0.05) is 10.1 Å². The highest BCUT2D eigenvalue weighted by Crippen LogP contribution is 2.18. The Morgan fingerprint density at radius 3 is 2.61 bits per heavy atom. The molecule has 100 valence electrons. The van der Waals surface area contributed by atoms with Crippen LogP contribution in [-0.2, 0) is 0 Å². The van der Waals surface area contributed by atoms with Gasteiger partial charge >= 0.3 is 0 Å². The van der Waals surface area contributed by atoms with Crippen molar-refractivity contribution in [3.63, 3.8) is 0 Å². The van der Waals surface area contributed by atoms with Crippen molar-refractivity contribution in [1.82, 2.24) is 5.32 Å². The number of carbonyl (C=O) groups excluding carboxylic acids is 1. The van der Waals surface area contributed by atoms with Gasteiger partial charge < -0.3 is 11.1 Å². The second kappa shape index (κ2) is 6.02. The lowest BCUT2D eigenvalue weighted by atomic mass is 9.88. The van der Waals surface area contributed by atoms with E-state index in [9.17, 15) is 4.79 Å². The van der Waals surface area contributed by atoms with Crippen molar-refractivity contribution in [1.29, 1.82) is 0 Å². The van der Waals surface area contributed by atoms with E-state index in [1.807, 2.05) is 32.0 Å². The van der Waals surface area contributed by atoms with E-state index in [2.05, 4.69) is 41.8 Å². The van der Waals surface area contributed by atoms with Crippen LogP contribution < -0.4 is 11.1 Å². The summed E-state index contributed by atoms with van der Waals surface area (Å²) < 4.78 is 0.957. The first kappa shape index (κ1) is 15.4. The lowest BCUT2D eigenvalue weighted by Gasteiger charge is -2.33. The fraction of sp³-hybridized carbons (Fsp3) is 0.500. The van der Waals surface area contributed by atoms with Gasteiger partial charge in [0.25, 0.3) is 5.91 Å². The zero-order chi connectivity index (χ0) is 13.9. The molecule has 0 saturated carbocycles. The zero-order valence-electron chi connectivity index (χ0n) is 11.4. The number of nitrogens with two attached hydrogens (primary N) is 1. The number of amides is 1. The first-order chi connectivity index (χ1) is 8.30. The molecule has 1 amide bonds. The predicted octanol–water partition coefficient (Wildman–Crippen LogP) is 2.70. The van der Waals surface area contributed by atoms with Gasteiger partial charge in [-0.25, -0.2) is 0 Å². The highest BCUT2D eigenvalue weighted by molar-refractivity contribution is 14.1.